The van der Waals surface area contributed by atoms with E-state index in [0.717, 1.165) is 7.11 Å². The summed E-state index contributed by atoms with van der Waals surface area (Å²) in [5, 5.41) is 7.00. The van der Waals surface area contributed by atoms with Crippen molar-refractivity contribution in [1.29, 1.82) is 0 Å². The Morgan fingerprint density at radius 3 is 1.36 bits per heavy atom. The van der Waals surface area contributed by atoms with Crippen molar-refractivity contribution in [2.45, 2.75) is 31.7 Å². The molecule has 1 nitrogen and oxygen atoms in total. The maximum absolute atomic E-state index is 7.00. The van der Waals surface area contributed by atoms with Crippen LogP contribution < -0.4 is 0 Å². The highest BCUT2D eigenvalue weighted by Crippen LogP contribution is 1.92. The SMILES string of the molecule is C.CO.Cc1ccccc1.[CH3][Al]([CH3])[CH3]. The Morgan fingerprint density at radius 2 is 1.21 bits per heavy atom. The monoisotopic (exact) mass is 212 g/mol. The normalized spacial score (nSPS) is 6.71. The average molecular weight is 212 g/mol. The van der Waals surface area contributed by atoms with Gasteiger partial charge in [-0.05, 0) is 6.92 Å². The van der Waals surface area contributed by atoms with E-state index >= 15 is 0 Å². The Morgan fingerprint density at radius 1 is 0.929 bits per heavy atom. The van der Waals surface area contributed by atoms with E-state index in [0.29, 0.717) is 0 Å². The molecule has 0 fully saturated rings. The fourth-order valence-corrected chi connectivity index (χ4v) is 0.534. The third-order valence-corrected chi connectivity index (χ3v) is 0.940. The second-order valence-corrected chi connectivity index (χ2v) is 6.85. The second-order valence-electron chi connectivity index (χ2n) is 3.39. The minimum absolute atomic E-state index is 0. The topological polar surface area (TPSA) is 20.2 Å². The largest absolute Gasteiger partial charge is 0.400 e. The number of aliphatic hydroxyl groups is 1. The van der Waals surface area contributed by atoms with Gasteiger partial charge in [-0.15, -0.1) is 17.4 Å². The van der Waals surface area contributed by atoms with Gasteiger partial charge in [0.05, 0.1) is 0 Å². The van der Waals surface area contributed by atoms with Gasteiger partial charge in [-0.1, -0.05) is 43.3 Å². The van der Waals surface area contributed by atoms with Crippen molar-refractivity contribution >= 4 is 14.1 Å². The zero-order valence-electron chi connectivity index (χ0n) is 9.41. The molecule has 1 N–H and O–H groups in total. The molecule has 0 bridgehead atoms. The van der Waals surface area contributed by atoms with E-state index in [9.17, 15) is 0 Å². The lowest BCUT2D eigenvalue weighted by atomic mass is 10.2. The van der Waals surface area contributed by atoms with Crippen LogP contribution in [0.3, 0.4) is 0 Å². The standard InChI is InChI=1S/C7H8.CH4O.CH4.3CH3.Al/c1-7-5-3-2-4-6-7;1-2;;;;;/h2-6H,1H3;2H,1H3;1H4;3*1H3;. The molecule has 1 aromatic rings. The minimum atomic E-state index is -0.139. The van der Waals surface area contributed by atoms with Crippen molar-refractivity contribution in [1.82, 2.24) is 0 Å². The fourth-order valence-electron chi connectivity index (χ4n) is 0.534. The van der Waals surface area contributed by atoms with Crippen LogP contribution in [0.25, 0.3) is 0 Å². The van der Waals surface area contributed by atoms with Gasteiger partial charge in [0.2, 0.25) is 0 Å². The van der Waals surface area contributed by atoms with Crippen LogP contribution in [0.1, 0.15) is 13.0 Å². The van der Waals surface area contributed by atoms with Crippen molar-refractivity contribution in [2.24, 2.45) is 0 Å². The summed E-state index contributed by atoms with van der Waals surface area (Å²) in [5.41, 5.74) is 1.32. The predicted molar refractivity (Wildman–Crippen MR) is 69.4 cm³/mol. The van der Waals surface area contributed by atoms with Crippen LogP contribution in [0.15, 0.2) is 30.3 Å². The molecular weight excluding hydrogens is 187 g/mol. The summed E-state index contributed by atoms with van der Waals surface area (Å²) in [4.78, 5) is 0. The molecule has 0 radical (unpaired) electrons. The van der Waals surface area contributed by atoms with Crippen LogP contribution in [0.5, 0.6) is 0 Å². The third kappa shape index (κ3) is 22.6. The summed E-state index contributed by atoms with van der Waals surface area (Å²) in [7, 11) is 1.00. The Bertz CT molecular complexity index is 170. The van der Waals surface area contributed by atoms with Crippen molar-refractivity contribution < 1.29 is 5.11 Å². The summed E-state index contributed by atoms with van der Waals surface area (Å²) in [6, 6.07) is 10.3. The van der Waals surface area contributed by atoms with Crippen LogP contribution in [-0.4, -0.2) is 26.4 Å². The minimum Gasteiger partial charge on any atom is -0.400 e. The van der Waals surface area contributed by atoms with E-state index in [2.05, 4.69) is 36.4 Å². The first kappa shape index (κ1) is 19.3. The zero-order valence-corrected chi connectivity index (χ0v) is 10.6. The highest BCUT2D eigenvalue weighted by molar-refractivity contribution is 6.54. The Labute approximate surface area is 94.2 Å². The second kappa shape index (κ2) is 15.2. The molecule has 14 heavy (non-hydrogen) atoms. The van der Waals surface area contributed by atoms with Crippen molar-refractivity contribution in [3.05, 3.63) is 35.9 Å². The zero-order chi connectivity index (χ0) is 10.7. The summed E-state index contributed by atoms with van der Waals surface area (Å²) < 4.78 is 0. The summed E-state index contributed by atoms with van der Waals surface area (Å²) in [6.45, 7) is 2.08. The number of aliphatic hydroxyl groups excluding tert-OH is 1. The van der Waals surface area contributed by atoms with Crippen molar-refractivity contribution in [2.75, 3.05) is 7.11 Å². The van der Waals surface area contributed by atoms with Gasteiger partial charge in [0, 0.05) is 7.11 Å². The number of aryl methyl sites for hydroxylation is 1. The molecule has 0 aliphatic rings. The Kier molecular flexibility index (Phi) is 21.0. The first-order chi connectivity index (χ1) is 6.13. The molecule has 0 heterocycles. The molecule has 0 amide bonds. The lowest BCUT2D eigenvalue weighted by molar-refractivity contribution is 0.399. The van der Waals surface area contributed by atoms with Crippen molar-refractivity contribution in [3.63, 3.8) is 0 Å². The smallest absolute Gasteiger partial charge is 0.251 e. The van der Waals surface area contributed by atoms with Gasteiger partial charge in [-0.25, -0.2) is 0 Å². The Hall–Kier alpha value is -0.288. The van der Waals surface area contributed by atoms with Gasteiger partial charge in [-0.2, -0.15) is 0 Å². The first-order valence-electron chi connectivity index (χ1n) is 4.59. The number of hydrogen-bond donors (Lipinski definition) is 1. The number of benzene rings is 1. The molecule has 0 aromatic heterocycles. The van der Waals surface area contributed by atoms with E-state index in [1.54, 1.807) is 0 Å². The van der Waals surface area contributed by atoms with E-state index in [1.807, 2.05) is 18.2 Å². The molecule has 0 aliphatic carbocycles. The van der Waals surface area contributed by atoms with Gasteiger partial charge in [0.25, 0.3) is 14.1 Å². The molecule has 1 aromatic carbocycles. The van der Waals surface area contributed by atoms with Crippen LogP contribution in [0, 0.1) is 6.92 Å². The molecule has 0 unspecified atom stereocenters. The van der Waals surface area contributed by atoms with Gasteiger partial charge < -0.3 is 5.11 Å². The molecule has 82 valence electrons. The van der Waals surface area contributed by atoms with Gasteiger partial charge in [-0.3, -0.25) is 0 Å². The Balaban J connectivity index is -0.000000152. The van der Waals surface area contributed by atoms with Crippen molar-refractivity contribution in [3.8, 4) is 0 Å². The van der Waals surface area contributed by atoms with Crippen LogP contribution in [-0.2, 0) is 0 Å². The molecule has 1 rings (SSSR count). The number of rotatable bonds is 0. The van der Waals surface area contributed by atoms with E-state index in [4.69, 9.17) is 5.11 Å². The summed E-state index contributed by atoms with van der Waals surface area (Å²) in [6.07, 6.45) is 0. The van der Waals surface area contributed by atoms with E-state index in [-0.39, 0.29) is 21.6 Å². The molecule has 0 saturated carbocycles. The molecule has 0 spiro atoms. The predicted octanol–water partition coefficient (Wildman–Crippen LogP) is 3.61. The third-order valence-electron chi connectivity index (χ3n) is 0.940. The van der Waals surface area contributed by atoms with E-state index in [1.165, 1.54) is 5.56 Å². The van der Waals surface area contributed by atoms with Crippen LogP contribution >= 0.6 is 0 Å². The lowest BCUT2D eigenvalue weighted by Crippen LogP contribution is -1.84. The van der Waals surface area contributed by atoms with Crippen LogP contribution in [0.4, 0.5) is 0 Å². The highest BCUT2D eigenvalue weighted by atomic mass is 27.2. The quantitative estimate of drug-likeness (QED) is 0.651. The maximum Gasteiger partial charge on any atom is 0.251 e. The molecular formula is C12H25AlO. The van der Waals surface area contributed by atoms with Gasteiger partial charge >= 0.3 is 0 Å². The number of hydrogen-bond acceptors (Lipinski definition) is 1. The van der Waals surface area contributed by atoms with E-state index < -0.39 is 0 Å². The summed E-state index contributed by atoms with van der Waals surface area (Å²) in [5.74, 6) is 6.92. The maximum atomic E-state index is 7.00. The highest BCUT2D eigenvalue weighted by Gasteiger charge is 1.81. The van der Waals surface area contributed by atoms with Crippen LogP contribution in [0.2, 0.25) is 17.4 Å². The van der Waals surface area contributed by atoms with Gasteiger partial charge in [0.15, 0.2) is 0 Å². The average Bonchev–Trinajstić information content (AvgIpc) is 2.08. The fraction of sp³-hybridized carbons (Fsp3) is 0.500. The summed E-state index contributed by atoms with van der Waals surface area (Å²) >= 11 is -0.139. The molecule has 2 heteroatoms. The lowest BCUT2D eigenvalue weighted by Gasteiger charge is -1.82. The first-order valence-corrected chi connectivity index (χ1v) is 8.05. The van der Waals surface area contributed by atoms with Gasteiger partial charge in [0.1, 0.15) is 0 Å². The molecule has 0 saturated heterocycles. The molecule has 0 aliphatic heterocycles. The molecule has 0 atom stereocenters.